The third-order valence-corrected chi connectivity index (χ3v) is 8.08. The lowest BCUT2D eigenvalue weighted by Gasteiger charge is -2.14. The predicted molar refractivity (Wildman–Crippen MR) is 79.5 cm³/mol. The quantitative estimate of drug-likeness (QED) is 0.415. The summed E-state index contributed by atoms with van der Waals surface area (Å²) >= 11 is 20.5. The molecule has 2 atom stereocenters. The molecule has 0 spiro atoms. The topological polar surface area (TPSA) is 9.23 Å². The Morgan fingerprint density at radius 2 is 1.00 bits per heavy atom. The zero-order valence-electron chi connectivity index (χ0n) is 6.40. The average molecular weight is 576 g/mol. The van der Waals surface area contributed by atoms with E-state index in [0.717, 1.165) is 0 Å². The standard InChI is InChI=1S/C6H8Br6O/c7-3(5(9)10)1-13-2-4(8)6(11)12/h3-6H,1-2H2. The Labute approximate surface area is 129 Å². The van der Waals surface area contributed by atoms with Gasteiger partial charge in [0.1, 0.15) is 0 Å². The molecular weight excluding hydrogens is 567 g/mol. The molecule has 0 radical (unpaired) electrons. The van der Waals surface area contributed by atoms with Crippen molar-refractivity contribution in [1.82, 2.24) is 0 Å². The summed E-state index contributed by atoms with van der Waals surface area (Å²) in [4.78, 5) is 0.549. The third-order valence-electron chi connectivity index (χ3n) is 1.10. The number of rotatable bonds is 6. The Hall–Kier alpha value is 2.84. The van der Waals surface area contributed by atoms with E-state index in [4.69, 9.17) is 4.74 Å². The highest BCUT2D eigenvalue weighted by atomic mass is 79.9. The van der Waals surface area contributed by atoms with Crippen molar-refractivity contribution in [2.45, 2.75) is 17.1 Å². The normalized spacial score (nSPS) is 16.6. The van der Waals surface area contributed by atoms with Gasteiger partial charge >= 0.3 is 0 Å². The summed E-state index contributed by atoms with van der Waals surface area (Å²) in [5.41, 5.74) is 0. The number of hydrogen-bond acceptors (Lipinski definition) is 1. The van der Waals surface area contributed by atoms with Crippen LogP contribution in [0.1, 0.15) is 0 Å². The van der Waals surface area contributed by atoms with E-state index in [0.29, 0.717) is 13.2 Å². The molecule has 0 aromatic heterocycles. The zero-order chi connectivity index (χ0) is 10.4. The molecule has 0 saturated heterocycles. The number of alkyl halides is 6. The lowest BCUT2D eigenvalue weighted by Crippen LogP contribution is -2.21. The number of hydrogen-bond donors (Lipinski definition) is 0. The van der Waals surface area contributed by atoms with Crippen LogP contribution in [0, 0.1) is 0 Å². The van der Waals surface area contributed by atoms with Gasteiger partial charge in [-0.25, -0.2) is 0 Å². The minimum absolute atomic E-state index is 0.234. The van der Waals surface area contributed by atoms with Gasteiger partial charge in [-0.3, -0.25) is 0 Å². The molecule has 7 heteroatoms. The molecule has 0 bridgehead atoms. The van der Waals surface area contributed by atoms with Crippen LogP contribution < -0.4 is 0 Å². The molecule has 0 aromatic rings. The summed E-state index contributed by atoms with van der Waals surface area (Å²) in [6, 6.07) is 0. The van der Waals surface area contributed by atoms with Crippen molar-refractivity contribution >= 4 is 95.6 Å². The number of halogens is 6. The third kappa shape index (κ3) is 8.63. The van der Waals surface area contributed by atoms with Crippen molar-refractivity contribution in [2.75, 3.05) is 13.2 Å². The molecule has 1 nitrogen and oxygen atoms in total. The van der Waals surface area contributed by atoms with Gasteiger partial charge in [0.2, 0.25) is 0 Å². The first-order chi connectivity index (χ1) is 5.95. The molecule has 0 N–H and O–H groups in total. The first kappa shape index (κ1) is 15.8. The summed E-state index contributed by atoms with van der Waals surface area (Å²) in [6.45, 7) is 1.33. The SMILES string of the molecule is BrC(Br)C(Br)COCC(Br)C(Br)Br. The van der Waals surface area contributed by atoms with Crippen LogP contribution in [-0.2, 0) is 4.74 Å². The van der Waals surface area contributed by atoms with Crippen molar-refractivity contribution in [3.8, 4) is 0 Å². The van der Waals surface area contributed by atoms with E-state index >= 15 is 0 Å². The van der Waals surface area contributed by atoms with Crippen LogP contribution in [0.15, 0.2) is 0 Å². The second-order valence-corrected chi connectivity index (χ2v) is 11.0. The Morgan fingerprint density at radius 3 is 1.23 bits per heavy atom. The van der Waals surface area contributed by atoms with Crippen LogP contribution in [0.25, 0.3) is 0 Å². The summed E-state index contributed by atoms with van der Waals surface area (Å²) < 4.78 is 5.93. The molecule has 0 aliphatic carbocycles. The lowest BCUT2D eigenvalue weighted by molar-refractivity contribution is 0.143. The van der Waals surface area contributed by atoms with Gasteiger partial charge in [-0.2, -0.15) is 0 Å². The van der Waals surface area contributed by atoms with E-state index in [1.165, 1.54) is 0 Å². The zero-order valence-corrected chi connectivity index (χ0v) is 15.9. The Morgan fingerprint density at radius 1 is 0.692 bits per heavy atom. The Bertz CT molecular complexity index is 116. The van der Waals surface area contributed by atoms with E-state index in [1.54, 1.807) is 0 Å². The van der Waals surface area contributed by atoms with Gasteiger partial charge in [0.25, 0.3) is 0 Å². The molecule has 0 amide bonds. The highest BCUT2D eigenvalue weighted by Gasteiger charge is 2.15. The van der Waals surface area contributed by atoms with E-state index in [9.17, 15) is 0 Å². The molecule has 0 saturated carbocycles. The van der Waals surface area contributed by atoms with Crippen molar-refractivity contribution in [1.29, 1.82) is 0 Å². The Kier molecular flexibility index (Phi) is 10.9. The molecule has 0 rings (SSSR count). The molecule has 0 heterocycles. The van der Waals surface area contributed by atoms with Crippen LogP contribution in [0.5, 0.6) is 0 Å². The van der Waals surface area contributed by atoms with Crippen LogP contribution in [0.3, 0.4) is 0 Å². The van der Waals surface area contributed by atoms with E-state index < -0.39 is 0 Å². The van der Waals surface area contributed by atoms with Crippen LogP contribution in [0.2, 0.25) is 0 Å². The molecule has 0 aliphatic heterocycles. The lowest BCUT2D eigenvalue weighted by atomic mass is 10.5. The summed E-state index contributed by atoms with van der Waals surface area (Å²) in [5.74, 6) is 0. The monoisotopic (exact) mass is 570 g/mol. The van der Waals surface area contributed by atoms with Crippen LogP contribution in [0.4, 0.5) is 0 Å². The fourth-order valence-corrected chi connectivity index (χ4v) is 1.42. The van der Waals surface area contributed by atoms with E-state index in [2.05, 4.69) is 95.6 Å². The molecule has 0 aliphatic rings. The van der Waals surface area contributed by atoms with Crippen molar-refractivity contribution in [3.63, 3.8) is 0 Å². The fraction of sp³-hybridized carbons (Fsp3) is 1.00. The van der Waals surface area contributed by atoms with Gasteiger partial charge in [-0.05, 0) is 0 Å². The molecule has 80 valence electrons. The van der Waals surface area contributed by atoms with Gasteiger partial charge in [0.15, 0.2) is 0 Å². The van der Waals surface area contributed by atoms with E-state index in [-0.39, 0.29) is 17.1 Å². The van der Waals surface area contributed by atoms with Gasteiger partial charge in [-0.15, -0.1) is 0 Å². The minimum atomic E-state index is 0.234. The highest BCUT2D eigenvalue weighted by Crippen LogP contribution is 2.22. The Balaban J connectivity index is 3.45. The molecule has 0 fully saturated rings. The average Bonchev–Trinajstić information content (AvgIpc) is 2.03. The van der Waals surface area contributed by atoms with Gasteiger partial charge in [0.05, 0.1) is 30.3 Å². The first-order valence-electron chi connectivity index (χ1n) is 3.37. The fourth-order valence-electron chi connectivity index (χ4n) is 0.439. The molecule has 13 heavy (non-hydrogen) atoms. The van der Waals surface area contributed by atoms with Gasteiger partial charge in [0, 0.05) is 0 Å². The predicted octanol–water partition coefficient (Wildman–Crippen LogP) is 4.76. The van der Waals surface area contributed by atoms with Crippen LogP contribution >= 0.6 is 95.6 Å². The minimum Gasteiger partial charge on any atom is -0.379 e. The van der Waals surface area contributed by atoms with Crippen molar-refractivity contribution < 1.29 is 4.74 Å². The van der Waals surface area contributed by atoms with Crippen molar-refractivity contribution in [3.05, 3.63) is 0 Å². The molecular formula is C6H8Br6O. The van der Waals surface area contributed by atoms with Gasteiger partial charge < -0.3 is 4.74 Å². The smallest absolute Gasteiger partial charge is 0.0844 e. The second kappa shape index (κ2) is 8.93. The molecule has 0 aromatic carbocycles. The first-order valence-corrected chi connectivity index (χ1v) is 8.86. The summed E-state index contributed by atoms with van der Waals surface area (Å²) in [6.07, 6.45) is 0. The van der Waals surface area contributed by atoms with Gasteiger partial charge in [-0.1, -0.05) is 95.6 Å². The second-order valence-electron chi connectivity index (χ2n) is 2.24. The number of ether oxygens (including phenoxy) is 1. The summed E-state index contributed by atoms with van der Waals surface area (Å²) in [5, 5.41) is 0. The highest BCUT2D eigenvalue weighted by molar-refractivity contribution is 9.25. The molecule has 2 unspecified atom stereocenters. The maximum Gasteiger partial charge on any atom is 0.0844 e. The van der Waals surface area contributed by atoms with Crippen LogP contribution in [-0.4, -0.2) is 30.3 Å². The maximum absolute atomic E-state index is 5.47. The largest absolute Gasteiger partial charge is 0.379 e. The van der Waals surface area contributed by atoms with E-state index in [1.807, 2.05) is 0 Å². The maximum atomic E-state index is 5.47. The van der Waals surface area contributed by atoms with Crippen molar-refractivity contribution in [2.24, 2.45) is 0 Å². The summed E-state index contributed by atoms with van der Waals surface area (Å²) in [7, 11) is 0.